The maximum Gasteiger partial charge on any atom is 0.263 e. The van der Waals surface area contributed by atoms with E-state index in [0.29, 0.717) is 11.4 Å². The van der Waals surface area contributed by atoms with Crippen molar-refractivity contribution in [3.05, 3.63) is 56.9 Å². The van der Waals surface area contributed by atoms with Crippen LogP contribution in [0.15, 0.2) is 24.4 Å². The van der Waals surface area contributed by atoms with Gasteiger partial charge in [0.25, 0.3) is 5.91 Å². The van der Waals surface area contributed by atoms with Crippen LogP contribution in [0.5, 0.6) is 0 Å². The molecule has 6 nitrogen and oxygen atoms in total. The Bertz CT molecular complexity index is 898. The van der Waals surface area contributed by atoms with Crippen LogP contribution in [0.4, 0.5) is 0 Å². The normalized spacial score (nSPS) is 10.9. The van der Waals surface area contributed by atoms with Crippen molar-refractivity contribution in [1.29, 1.82) is 0 Å². The monoisotopic (exact) mass is 355 g/mol. The fourth-order valence-electron chi connectivity index (χ4n) is 2.86. The van der Waals surface area contributed by atoms with Gasteiger partial charge in [-0.3, -0.25) is 4.79 Å². The molecule has 0 unspecified atom stereocenters. The van der Waals surface area contributed by atoms with Crippen LogP contribution in [0, 0.1) is 27.7 Å². The molecular weight excluding hydrogens is 334 g/mol. The molecule has 0 atom stereocenters. The summed E-state index contributed by atoms with van der Waals surface area (Å²) < 4.78 is 1.85. The lowest BCUT2D eigenvalue weighted by Gasteiger charge is -2.06. The van der Waals surface area contributed by atoms with E-state index < -0.39 is 0 Å². The Labute approximate surface area is 150 Å². The topological polar surface area (TPSA) is 72.7 Å². The average Bonchev–Trinajstić information content (AvgIpc) is 3.08. The van der Waals surface area contributed by atoms with Crippen molar-refractivity contribution in [3.8, 4) is 5.82 Å². The van der Waals surface area contributed by atoms with Gasteiger partial charge in [0, 0.05) is 18.4 Å². The Morgan fingerprint density at radius 1 is 1.20 bits per heavy atom. The van der Waals surface area contributed by atoms with Crippen LogP contribution in [0.25, 0.3) is 5.82 Å². The van der Waals surface area contributed by atoms with Gasteiger partial charge in [0.05, 0.1) is 16.4 Å². The summed E-state index contributed by atoms with van der Waals surface area (Å²) in [6.45, 7) is 8.35. The van der Waals surface area contributed by atoms with Gasteiger partial charge in [-0.25, -0.2) is 14.6 Å². The average molecular weight is 355 g/mol. The minimum Gasteiger partial charge on any atom is -0.351 e. The summed E-state index contributed by atoms with van der Waals surface area (Å²) >= 11 is 1.43. The molecule has 0 bridgehead atoms. The van der Waals surface area contributed by atoms with Gasteiger partial charge < -0.3 is 5.32 Å². The quantitative estimate of drug-likeness (QED) is 0.764. The molecule has 0 aliphatic carbocycles. The number of hydrogen-bond donors (Lipinski definition) is 1. The number of amides is 1. The van der Waals surface area contributed by atoms with Crippen LogP contribution in [-0.4, -0.2) is 32.2 Å². The second-order valence-electron chi connectivity index (χ2n) is 5.90. The molecule has 0 aromatic carbocycles. The number of thiazole rings is 1. The third-order valence-electron chi connectivity index (χ3n) is 4.08. The summed E-state index contributed by atoms with van der Waals surface area (Å²) in [6, 6.07) is 5.76. The zero-order valence-electron chi connectivity index (χ0n) is 14.8. The number of nitrogens with zero attached hydrogens (tertiary/aromatic N) is 4. The highest BCUT2D eigenvalue weighted by Gasteiger charge is 2.16. The van der Waals surface area contributed by atoms with E-state index in [-0.39, 0.29) is 5.91 Å². The van der Waals surface area contributed by atoms with E-state index in [9.17, 15) is 4.79 Å². The molecule has 130 valence electrons. The smallest absolute Gasteiger partial charge is 0.263 e. The van der Waals surface area contributed by atoms with Crippen molar-refractivity contribution >= 4 is 17.2 Å². The van der Waals surface area contributed by atoms with Gasteiger partial charge in [-0.2, -0.15) is 5.10 Å². The highest BCUT2D eigenvalue weighted by Crippen LogP contribution is 2.18. The second kappa shape index (κ2) is 7.14. The SMILES string of the molecule is Cc1nc(C)c(C(=O)NCCc2c(C)nn(-c3ccccn3)c2C)s1. The van der Waals surface area contributed by atoms with E-state index >= 15 is 0 Å². The highest BCUT2D eigenvalue weighted by molar-refractivity contribution is 7.13. The fraction of sp³-hybridized carbons (Fsp3) is 0.333. The molecule has 0 radical (unpaired) electrons. The van der Waals surface area contributed by atoms with Crippen molar-refractivity contribution in [2.45, 2.75) is 34.1 Å². The molecule has 3 rings (SSSR count). The molecule has 3 aromatic rings. The lowest BCUT2D eigenvalue weighted by atomic mass is 10.1. The van der Waals surface area contributed by atoms with E-state index in [1.54, 1.807) is 6.20 Å². The van der Waals surface area contributed by atoms with E-state index in [4.69, 9.17) is 0 Å². The summed E-state index contributed by atoms with van der Waals surface area (Å²) in [5.41, 5.74) is 3.94. The largest absolute Gasteiger partial charge is 0.351 e. The Morgan fingerprint density at radius 3 is 2.64 bits per heavy atom. The minimum absolute atomic E-state index is 0.0597. The number of nitrogens with one attached hydrogen (secondary N) is 1. The summed E-state index contributed by atoms with van der Waals surface area (Å²) in [6.07, 6.45) is 2.48. The maximum absolute atomic E-state index is 12.3. The summed E-state index contributed by atoms with van der Waals surface area (Å²) in [4.78, 5) is 21.6. The van der Waals surface area contributed by atoms with Crippen molar-refractivity contribution in [2.24, 2.45) is 0 Å². The third kappa shape index (κ3) is 3.61. The summed E-state index contributed by atoms with van der Waals surface area (Å²) in [5.74, 6) is 0.740. The predicted molar refractivity (Wildman–Crippen MR) is 98.5 cm³/mol. The van der Waals surface area contributed by atoms with Gasteiger partial charge in [0.1, 0.15) is 4.88 Å². The number of aryl methyl sites for hydroxylation is 3. The zero-order chi connectivity index (χ0) is 18.0. The zero-order valence-corrected chi connectivity index (χ0v) is 15.6. The Balaban J connectivity index is 1.69. The van der Waals surface area contributed by atoms with Gasteiger partial charge in [-0.1, -0.05) is 6.07 Å². The van der Waals surface area contributed by atoms with Crippen LogP contribution < -0.4 is 5.32 Å². The van der Waals surface area contributed by atoms with Crippen LogP contribution in [0.1, 0.15) is 37.3 Å². The standard InChI is InChI=1S/C18H21N5OS/c1-11-15(13(3)23(22-11)16-7-5-6-9-19-16)8-10-20-18(24)17-12(2)21-14(4)25-17/h5-7,9H,8,10H2,1-4H3,(H,20,24). The van der Waals surface area contributed by atoms with Crippen molar-refractivity contribution in [1.82, 2.24) is 25.1 Å². The Kier molecular flexibility index (Phi) is 4.94. The fourth-order valence-corrected chi connectivity index (χ4v) is 3.70. The summed E-state index contributed by atoms with van der Waals surface area (Å²) in [7, 11) is 0. The number of pyridine rings is 1. The minimum atomic E-state index is -0.0597. The van der Waals surface area contributed by atoms with E-state index in [2.05, 4.69) is 20.4 Å². The molecule has 0 aliphatic rings. The molecule has 1 amide bonds. The van der Waals surface area contributed by atoms with Gasteiger partial charge >= 0.3 is 0 Å². The molecule has 3 aromatic heterocycles. The Hall–Kier alpha value is -2.54. The third-order valence-corrected chi connectivity index (χ3v) is 5.15. The van der Waals surface area contributed by atoms with Crippen molar-refractivity contribution < 1.29 is 4.79 Å². The molecule has 0 saturated heterocycles. The first-order valence-electron chi connectivity index (χ1n) is 8.16. The van der Waals surface area contributed by atoms with E-state index in [0.717, 1.165) is 39.9 Å². The number of rotatable bonds is 5. The van der Waals surface area contributed by atoms with Gasteiger partial charge in [0.15, 0.2) is 5.82 Å². The first-order valence-corrected chi connectivity index (χ1v) is 8.97. The molecule has 0 saturated carbocycles. The molecule has 1 N–H and O–H groups in total. The number of hydrogen-bond acceptors (Lipinski definition) is 5. The van der Waals surface area contributed by atoms with Crippen LogP contribution in [-0.2, 0) is 6.42 Å². The Morgan fingerprint density at radius 2 is 2.00 bits per heavy atom. The molecule has 3 heterocycles. The predicted octanol–water partition coefficient (Wildman–Crippen LogP) is 2.93. The molecule has 0 aliphatic heterocycles. The van der Waals surface area contributed by atoms with Crippen molar-refractivity contribution in [3.63, 3.8) is 0 Å². The lowest BCUT2D eigenvalue weighted by Crippen LogP contribution is -2.25. The molecule has 25 heavy (non-hydrogen) atoms. The van der Waals surface area contributed by atoms with Gasteiger partial charge in [-0.05, 0) is 51.8 Å². The van der Waals surface area contributed by atoms with Gasteiger partial charge in [0.2, 0.25) is 0 Å². The molecule has 0 fully saturated rings. The first-order chi connectivity index (χ1) is 12.0. The van der Waals surface area contributed by atoms with Gasteiger partial charge in [-0.15, -0.1) is 11.3 Å². The lowest BCUT2D eigenvalue weighted by molar-refractivity contribution is 0.0957. The number of carbonyl (C=O) groups excluding carboxylic acids is 1. The molecular formula is C18H21N5OS. The van der Waals surface area contributed by atoms with E-state index in [1.165, 1.54) is 11.3 Å². The maximum atomic E-state index is 12.3. The molecule has 7 heteroatoms. The van der Waals surface area contributed by atoms with Crippen molar-refractivity contribution in [2.75, 3.05) is 6.54 Å². The first kappa shape index (κ1) is 17.3. The van der Waals surface area contributed by atoms with Crippen LogP contribution in [0.2, 0.25) is 0 Å². The highest BCUT2D eigenvalue weighted by atomic mass is 32.1. The van der Waals surface area contributed by atoms with E-state index in [1.807, 2.05) is 50.6 Å². The second-order valence-corrected chi connectivity index (χ2v) is 7.11. The number of carbonyl (C=O) groups is 1. The number of aromatic nitrogens is 4. The molecule has 0 spiro atoms. The summed E-state index contributed by atoms with van der Waals surface area (Å²) in [5, 5.41) is 8.48. The van der Waals surface area contributed by atoms with Crippen LogP contribution >= 0.6 is 11.3 Å². The van der Waals surface area contributed by atoms with Crippen LogP contribution in [0.3, 0.4) is 0 Å².